The normalized spacial score (nSPS) is 4.25. The van der Waals surface area contributed by atoms with Gasteiger partial charge < -0.3 is 0 Å². The molecule has 0 unspecified atom stereocenters. The summed E-state index contributed by atoms with van der Waals surface area (Å²) in [7, 11) is 0. The molecule has 0 amide bonds. The molecule has 3 heteroatoms. The Labute approximate surface area is 42.0 Å². The Balaban J connectivity index is 0. The summed E-state index contributed by atoms with van der Waals surface area (Å²) in [6.07, 6.45) is 0. The van der Waals surface area contributed by atoms with Gasteiger partial charge in [0.15, 0.2) is 0 Å². The van der Waals surface area contributed by atoms with Gasteiger partial charge in [0.25, 0.3) is 0 Å². The van der Waals surface area contributed by atoms with E-state index in [0.717, 1.165) is 0 Å². The molecule has 1 radical (unpaired) electrons. The molecule has 0 spiro atoms. The molecule has 0 saturated heterocycles. The summed E-state index contributed by atoms with van der Waals surface area (Å²) in [4.78, 5) is 0. The van der Waals surface area contributed by atoms with Crippen LogP contribution in [0, 0.1) is 0 Å². The van der Waals surface area contributed by atoms with Gasteiger partial charge in [0, 0.05) is 17.1 Å². The van der Waals surface area contributed by atoms with Crippen molar-refractivity contribution in [2.75, 3.05) is 0 Å². The molecule has 0 rings (SSSR count). The van der Waals surface area contributed by atoms with Crippen molar-refractivity contribution >= 4 is 0 Å². The Morgan fingerprint density at radius 1 is 1.75 bits per heavy atom. The third kappa shape index (κ3) is 13.6. The third-order valence-corrected chi connectivity index (χ3v) is 0. The average molecular weight is 150 g/mol. The maximum atomic E-state index is 8.96. The monoisotopic (exact) mass is 149 g/mol. The molecule has 31 valence electrons. The van der Waals surface area contributed by atoms with Crippen molar-refractivity contribution in [3.05, 3.63) is 0 Å². The van der Waals surface area contributed by atoms with Crippen LogP contribution in [-0.4, -0.2) is 0 Å². The Morgan fingerprint density at radius 3 is 1.75 bits per heavy atom. The van der Waals surface area contributed by atoms with Gasteiger partial charge in [0.2, 0.25) is 0 Å². The van der Waals surface area contributed by atoms with Crippen molar-refractivity contribution in [2.45, 2.75) is 5.82 Å². The maximum absolute atomic E-state index is 8.96. The fraction of sp³-hybridized carbons (Fsp3) is 1.00. The minimum absolute atomic E-state index is 0. The molecule has 0 aliphatic heterocycles. The van der Waals surface area contributed by atoms with E-state index in [0.29, 0.717) is 0 Å². The van der Waals surface area contributed by atoms with Crippen LogP contribution in [-0.2, 0) is 35.8 Å². The van der Waals surface area contributed by atoms with Crippen molar-refractivity contribution in [2.24, 2.45) is 0 Å². The number of hydrogen-bond donors (Lipinski definition) is 0. The van der Waals surface area contributed by atoms with Gasteiger partial charge in [-0.1, -0.05) is 0 Å². The van der Waals surface area contributed by atoms with Crippen LogP contribution in [0.3, 0.4) is 0 Å². The summed E-state index contributed by atoms with van der Waals surface area (Å²) >= 11 is -0.188. The first kappa shape index (κ1) is 8.85. The van der Waals surface area contributed by atoms with Gasteiger partial charge in [0.1, 0.15) is 0 Å². The minimum atomic E-state index is -0.188. The van der Waals surface area contributed by atoms with Crippen molar-refractivity contribution in [3.63, 3.8) is 0 Å². The molecule has 0 bridgehead atoms. The summed E-state index contributed by atoms with van der Waals surface area (Å²) in [5.74, 6) is 1.60. The van der Waals surface area contributed by atoms with Gasteiger partial charge in [0.05, 0.1) is 0 Å². The van der Waals surface area contributed by atoms with E-state index >= 15 is 0 Å². The van der Waals surface area contributed by atoms with Crippen molar-refractivity contribution in [1.29, 1.82) is 0 Å². The molecule has 0 aliphatic rings. The Hall–Kier alpha value is 0.839. The van der Waals surface area contributed by atoms with E-state index in [2.05, 4.69) is 0 Å². The van der Waals surface area contributed by atoms with E-state index in [1.54, 1.807) is 5.82 Å². The van der Waals surface area contributed by atoms with Gasteiger partial charge in [-0.15, -0.1) is 0 Å². The van der Waals surface area contributed by atoms with Crippen molar-refractivity contribution in [3.8, 4) is 0 Å². The molecular formula is CH3CuMnO. The summed E-state index contributed by atoms with van der Waals surface area (Å²) in [5.41, 5.74) is 0. The van der Waals surface area contributed by atoms with Gasteiger partial charge in [-0.2, -0.15) is 0 Å². The quantitative estimate of drug-likeness (QED) is 0.458. The van der Waals surface area contributed by atoms with E-state index in [9.17, 15) is 0 Å². The predicted octanol–water partition coefficient (Wildman–Crippen LogP) is 0.460. The van der Waals surface area contributed by atoms with Crippen LogP contribution in [0.25, 0.3) is 0 Å². The van der Waals surface area contributed by atoms with Crippen LogP contribution in [0.2, 0.25) is 5.82 Å². The van der Waals surface area contributed by atoms with Gasteiger partial charge >= 0.3 is 24.5 Å². The predicted molar refractivity (Wildman–Crippen MR) is 6.55 cm³/mol. The molecule has 0 fully saturated rings. The first-order valence-electron chi connectivity index (χ1n) is 0.532. The average Bonchev–Trinajstić information content (AvgIpc) is 0.918. The molecule has 1 nitrogen and oxygen atoms in total. The molecule has 0 aromatic rings. The second kappa shape index (κ2) is 9.15. The number of hydrogen-bond acceptors (Lipinski definition) is 1. The maximum Gasteiger partial charge on any atom is 0 e. The van der Waals surface area contributed by atoms with Crippen LogP contribution >= 0.6 is 0 Å². The zero-order valence-electron chi connectivity index (χ0n) is 2.09. The van der Waals surface area contributed by atoms with E-state index in [4.69, 9.17) is 3.83 Å². The zero-order valence-corrected chi connectivity index (χ0v) is 4.21. The van der Waals surface area contributed by atoms with E-state index in [1.165, 1.54) is 0 Å². The Morgan fingerprint density at radius 2 is 1.75 bits per heavy atom. The minimum Gasteiger partial charge on any atom is 0 e. The van der Waals surface area contributed by atoms with Gasteiger partial charge in [-0.3, -0.25) is 0 Å². The second-order valence-electron chi connectivity index (χ2n) is 0.154. The topological polar surface area (TPSA) is 17.1 Å². The zero-order chi connectivity index (χ0) is 2.71. The van der Waals surface area contributed by atoms with E-state index < -0.39 is 0 Å². The smallest absolute Gasteiger partial charge is 0 e. The molecule has 0 saturated carbocycles. The summed E-state index contributed by atoms with van der Waals surface area (Å²) in [6.45, 7) is 0. The molecular weight excluding hydrogens is 146 g/mol. The van der Waals surface area contributed by atoms with Crippen LogP contribution in [0.15, 0.2) is 0 Å². The summed E-state index contributed by atoms with van der Waals surface area (Å²) < 4.78 is 8.96. The van der Waals surface area contributed by atoms with Crippen molar-refractivity contribution < 1.29 is 35.8 Å². The molecule has 0 aromatic heterocycles. The SMILES string of the molecule is [CH3][Mn]=[O].[Cu]. The summed E-state index contributed by atoms with van der Waals surface area (Å²) in [6, 6.07) is 0. The molecule has 0 atom stereocenters. The van der Waals surface area contributed by atoms with Crippen LogP contribution in [0.5, 0.6) is 0 Å². The van der Waals surface area contributed by atoms with Crippen LogP contribution in [0.4, 0.5) is 0 Å². The van der Waals surface area contributed by atoms with Gasteiger partial charge in [-0.05, 0) is 0 Å². The Kier molecular flexibility index (Phi) is 20.2. The standard InChI is InChI=1S/CH3.Cu.Mn.O/h1H3;;;. The fourth-order valence-electron chi connectivity index (χ4n) is 0. The third-order valence-electron chi connectivity index (χ3n) is 0. The first-order valence-corrected chi connectivity index (χ1v) is 2.19. The molecule has 4 heavy (non-hydrogen) atoms. The Bertz CT molecular complexity index is 15.5. The largest absolute Gasteiger partial charge is 0 e. The number of rotatable bonds is 0. The molecule has 0 aromatic carbocycles. The molecule has 0 aliphatic carbocycles. The first-order chi connectivity index (χ1) is 1.41. The molecule has 0 heterocycles. The summed E-state index contributed by atoms with van der Waals surface area (Å²) in [5, 5.41) is 0. The molecule has 0 N–H and O–H groups in total. The van der Waals surface area contributed by atoms with Crippen LogP contribution in [0.1, 0.15) is 0 Å². The van der Waals surface area contributed by atoms with E-state index in [1.807, 2.05) is 0 Å². The fourth-order valence-corrected chi connectivity index (χ4v) is 0. The van der Waals surface area contributed by atoms with Gasteiger partial charge in [-0.25, -0.2) is 0 Å². The van der Waals surface area contributed by atoms with Crippen LogP contribution < -0.4 is 0 Å². The van der Waals surface area contributed by atoms with E-state index in [-0.39, 0.29) is 32.0 Å². The van der Waals surface area contributed by atoms with Crippen molar-refractivity contribution in [1.82, 2.24) is 0 Å². The second-order valence-corrected chi connectivity index (χ2v) is 0.636.